The molecule has 1 heterocycles. The average Bonchev–Trinajstić information content (AvgIpc) is 3.11. The largest absolute Gasteiger partial charge is 0.484 e. The molecule has 2 rings (SSSR count). The van der Waals surface area contributed by atoms with Crippen LogP contribution in [0.4, 0.5) is 0 Å². The third-order valence-corrected chi connectivity index (χ3v) is 4.64. The number of benzene rings is 1. The molecule has 0 saturated carbocycles. The van der Waals surface area contributed by atoms with E-state index in [-0.39, 0.29) is 30.6 Å². The lowest BCUT2D eigenvalue weighted by molar-refractivity contribution is -0.119. The van der Waals surface area contributed by atoms with Crippen LogP contribution in [0.1, 0.15) is 25.3 Å². The van der Waals surface area contributed by atoms with Crippen LogP contribution in [0, 0.1) is 0 Å². The number of halogens is 1. The van der Waals surface area contributed by atoms with Crippen molar-refractivity contribution in [2.75, 3.05) is 39.8 Å². The van der Waals surface area contributed by atoms with Crippen molar-refractivity contribution in [3.8, 4) is 5.75 Å². The van der Waals surface area contributed by atoms with Crippen LogP contribution in [-0.2, 0) is 11.2 Å². The number of primary amides is 1. The number of guanidine groups is 1. The van der Waals surface area contributed by atoms with E-state index in [4.69, 9.17) is 10.5 Å². The Balaban J connectivity index is 0.00000364. The summed E-state index contributed by atoms with van der Waals surface area (Å²) < 4.78 is 5.26. The third-order valence-electron chi connectivity index (χ3n) is 4.64. The van der Waals surface area contributed by atoms with Crippen molar-refractivity contribution in [2.45, 2.75) is 32.2 Å². The molecule has 0 aromatic heterocycles. The molecule has 1 aromatic rings. The summed E-state index contributed by atoms with van der Waals surface area (Å²) in [6.45, 7) is 6.16. The summed E-state index contributed by atoms with van der Waals surface area (Å²) in [7, 11) is 1.80. The monoisotopic (exact) mass is 489 g/mol. The molecule has 8 heteroatoms. The summed E-state index contributed by atoms with van der Waals surface area (Å²) in [5.41, 5.74) is 6.25. The highest BCUT2D eigenvalue weighted by atomic mass is 127. The first-order chi connectivity index (χ1) is 12.6. The van der Waals surface area contributed by atoms with E-state index < -0.39 is 5.91 Å². The zero-order chi connectivity index (χ0) is 18.8. The van der Waals surface area contributed by atoms with Gasteiger partial charge >= 0.3 is 0 Å². The molecule has 0 spiro atoms. The molecule has 1 aromatic carbocycles. The van der Waals surface area contributed by atoms with Gasteiger partial charge in [0.1, 0.15) is 5.75 Å². The highest BCUT2D eigenvalue weighted by Crippen LogP contribution is 2.15. The lowest BCUT2D eigenvalue weighted by Gasteiger charge is -2.24. The van der Waals surface area contributed by atoms with Gasteiger partial charge in [0.25, 0.3) is 5.91 Å². The van der Waals surface area contributed by atoms with Gasteiger partial charge in [0.05, 0.1) is 0 Å². The number of rotatable bonds is 9. The van der Waals surface area contributed by atoms with Crippen LogP contribution < -0.4 is 21.1 Å². The molecule has 0 aliphatic carbocycles. The van der Waals surface area contributed by atoms with E-state index in [1.807, 2.05) is 24.3 Å². The highest BCUT2D eigenvalue weighted by Gasteiger charge is 2.22. The number of likely N-dealkylation sites (tertiary alicyclic amines) is 1. The fourth-order valence-corrected chi connectivity index (χ4v) is 3.21. The number of hydrogen-bond donors (Lipinski definition) is 3. The van der Waals surface area contributed by atoms with Crippen LogP contribution in [0.2, 0.25) is 0 Å². The molecule has 152 valence electrons. The Kier molecular flexibility index (Phi) is 11.1. The van der Waals surface area contributed by atoms with E-state index in [9.17, 15) is 4.79 Å². The molecule has 0 radical (unpaired) electrons. The molecule has 4 N–H and O–H groups in total. The normalized spacial score (nSPS) is 17.3. The fourth-order valence-electron chi connectivity index (χ4n) is 3.21. The molecule has 1 unspecified atom stereocenters. The third kappa shape index (κ3) is 8.34. The molecule has 1 atom stereocenters. The molecule has 1 amide bonds. The Morgan fingerprint density at radius 1 is 1.33 bits per heavy atom. The van der Waals surface area contributed by atoms with Gasteiger partial charge in [-0.2, -0.15) is 0 Å². The number of likely N-dealkylation sites (N-methyl/N-ethyl adjacent to an activating group) is 1. The van der Waals surface area contributed by atoms with E-state index in [1.165, 1.54) is 24.9 Å². The molecular formula is C19H32IN5O2. The van der Waals surface area contributed by atoms with Gasteiger partial charge in [0.2, 0.25) is 0 Å². The van der Waals surface area contributed by atoms with Crippen LogP contribution in [0.3, 0.4) is 0 Å². The van der Waals surface area contributed by atoms with Gasteiger partial charge in [-0.25, -0.2) is 0 Å². The summed E-state index contributed by atoms with van der Waals surface area (Å²) >= 11 is 0. The average molecular weight is 489 g/mol. The van der Waals surface area contributed by atoms with Gasteiger partial charge in [0, 0.05) is 26.2 Å². The van der Waals surface area contributed by atoms with Crippen molar-refractivity contribution < 1.29 is 9.53 Å². The van der Waals surface area contributed by atoms with Gasteiger partial charge in [-0.1, -0.05) is 19.1 Å². The van der Waals surface area contributed by atoms with Gasteiger partial charge in [-0.05, 0) is 50.0 Å². The van der Waals surface area contributed by atoms with Crippen LogP contribution >= 0.6 is 24.0 Å². The van der Waals surface area contributed by atoms with E-state index in [2.05, 4.69) is 27.4 Å². The predicted octanol–water partition coefficient (Wildman–Crippen LogP) is 1.36. The second-order valence-corrected chi connectivity index (χ2v) is 6.45. The van der Waals surface area contributed by atoms with Crippen LogP contribution in [0.5, 0.6) is 5.75 Å². The fraction of sp³-hybridized carbons (Fsp3) is 0.579. The van der Waals surface area contributed by atoms with E-state index in [0.29, 0.717) is 11.8 Å². The van der Waals surface area contributed by atoms with Crippen LogP contribution in [-0.4, -0.2) is 62.6 Å². The Hall–Kier alpha value is -1.55. The minimum absolute atomic E-state index is 0. The van der Waals surface area contributed by atoms with Crippen LogP contribution in [0.25, 0.3) is 0 Å². The first-order valence-corrected chi connectivity index (χ1v) is 9.31. The quantitative estimate of drug-likeness (QED) is 0.277. The lowest BCUT2D eigenvalue weighted by Crippen LogP contribution is -2.45. The number of hydrogen-bond acceptors (Lipinski definition) is 4. The number of carbonyl (C=O) groups is 1. The van der Waals surface area contributed by atoms with Crippen molar-refractivity contribution in [1.82, 2.24) is 15.5 Å². The summed E-state index contributed by atoms with van der Waals surface area (Å²) in [6.07, 6.45) is 3.41. The lowest BCUT2D eigenvalue weighted by atomic mass is 10.1. The second-order valence-electron chi connectivity index (χ2n) is 6.45. The smallest absolute Gasteiger partial charge is 0.255 e. The maximum Gasteiger partial charge on any atom is 0.255 e. The molecule has 0 bridgehead atoms. The molecule has 7 nitrogen and oxygen atoms in total. The standard InChI is InChI=1S/C19H31N5O2.HI/c1-3-24-12-4-5-16(24)13-23-19(21-2)22-11-10-15-6-8-17(9-7-15)26-14-18(20)25;/h6-9,16H,3-5,10-14H2,1-2H3,(H2,20,25)(H2,21,22,23);1H. The zero-order valence-corrected chi connectivity index (χ0v) is 18.6. The van der Waals surface area contributed by atoms with Crippen molar-refractivity contribution >= 4 is 35.8 Å². The van der Waals surface area contributed by atoms with E-state index in [1.54, 1.807) is 7.05 Å². The van der Waals surface area contributed by atoms with Crippen molar-refractivity contribution in [1.29, 1.82) is 0 Å². The number of amides is 1. The van der Waals surface area contributed by atoms with Crippen LogP contribution in [0.15, 0.2) is 29.3 Å². The number of aliphatic imine (C=N–C) groups is 1. The molecule has 27 heavy (non-hydrogen) atoms. The van der Waals surface area contributed by atoms with Gasteiger partial charge in [-0.3, -0.25) is 14.7 Å². The maximum atomic E-state index is 10.7. The van der Waals surface area contributed by atoms with E-state index in [0.717, 1.165) is 32.0 Å². The maximum absolute atomic E-state index is 10.7. The summed E-state index contributed by atoms with van der Waals surface area (Å²) in [4.78, 5) is 17.5. The minimum atomic E-state index is -0.475. The molecule has 1 fully saturated rings. The first kappa shape index (κ1) is 23.5. The topological polar surface area (TPSA) is 92.0 Å². The summed E-state index contributed by atoms with van der Waals surface area (Å²) in [5.74, 6) is 1.02. The Bertz CT molecular complexity index is 594. The zero-order valence-electron chi connectivity index (χ0n) is 16.2. The number of ether oxygens (including phenoxy) is 1. The van der Waals surface area contributed by atoms with Gasteiger partial charge in [-0.15, -0.1) is 24.0 Å². The Morgan fingerprint density at radius 2 is 2.07 bits per heavy atom. The highest BCUT2D eigenvalue weighted by molar-refractivity contribution is 14.0. The van der Waals surface area contributed by atoms with Crippen molar-refractivity contribution in [2.24, 2.45) is 10.7 Å². The van der Waals surface area contributed by atoms with Gasteiger partial charge in [0.15, 0.2) is 12.6 Å². The number of nitrogens with two attached hydrogens (primary N) is 1. The van der Waals surface area contributed by atoms with E-state index >= 15 is 0 Å². The molecule has 1 aliphatic rings. The predicted molar refractivity (Wildman–Crippen MR) is 120 cm³/mol. The minimum Gasteiger partial charge on any atom is -0.484 e. The molecule has 1 aliphatic heterocycles. The summed E-state index contributed by atoms with van der Waals surface area (Å²) in [5, 5.41) is 6.79. The summed E-state index contributed by atoms with van der Waals surface area (Å²) in [6, 6.07) is 8.29. The van der Waals surface area contributed by atoms with Crippen molar-refractivity contribution in [3.05, 3.63) is 29.8 Å². The second kappa shape index (κ2) is 12.8. The SMILES string of the molecule is CCN1CCCC1CNC(=NC)NCCc1ccc(OCC(N)=O)cc1.I. The van der Waals surface area contributed by atoms with Gasteiger partial charge < -0.3 is 21.1 Å². The number of carbonyl (C=O) groups excluding carboxylic acids is 1. The molecular weight excluding hydrogens is 457 g/mol. The molecule has 1 saturated heterocycles. The first-order valence-electron chi connectivity index (χ1n) is 9.31. The number of nitrogens with one attached hydrogen (secondary N) is 2. The Labute approximate surface area is 179 Å². The van der Waals surface area contributed by atoms with Crippen molar-refractivity contribution in [3.63, 3.8) is 0 Å². The Morgan fingerprint density at radius 3 is 2.70 bits per heavy atom. The number of nitrogens with zero attached hydrogens (tertiary/aromatic N) is 2.